The molecular weight excluding hydrogens is 833 g/mol. The number of fused-ring (bicyclic) bond motifs is 6. The first-order chi connectivity index (χ1) is 33.6. The predicted molar refractivity (Wildman–Crippen MR) is 271 cm³/mol. The maximum Gasteiger partial charge on any atom is 0.188 e. The number of rotatable bonds is 7. The Labute approximate surface area is 391 Å². The Morgan fingerprint density at radius 3 is 1.37 bits per heavy atom. The molecule has 0 aliphatic carbocycles. The van der Waals surface area contributed by atoms with Gasteiger partial charge >= 0.3 is 0 Å². The summed E-state index contributed by atoms with van der Waals surface area (Å²) in [7, 11) is 0. The van der Waals surface area contributed by atoms with Crippen LogP contribution in [-0.2, 0) is 0 Å². The molecule has 0 spiro atoms. The number of hydrogen-bond donors (Lipinski definition) is 0. The fourth-order valence-electron chi connectivity index (χ4n) is 9.48. The van der Waals surface area contributed by atoms with E-state index in [1.165, 1.54) is 0 Å². The first-order valence-corrected chi connectivity index (χ1v) is 22.1. The van der Waals surface area contributed by atoms with E-state index < -0.39 is 0 Å². The highest BCUT2D eigenvalue weighted by Gasteiger charge is 2.23. The Balaban J connectivity index is 1.21. The average molecular weight is 867 g/mol. The SMILES string of the molecule is [C-]#[N+]c1ccc2c(c1)c1ccccc1n2-c1ccc(-c2ccc(C#N)cc2)cc1-c1cc(-c2nc(-c3ccccc3)nc(-c3ccccc3)n2)ccc1-n1c2ccccc2c2cc(C#N)ccc21. The minimum Gasteiger partial charge on any atom is -0.309 e. The molecule has 0 saturated carbocycles. The van der Waals surface area contributed by atoms with E-state index in [0.717, 1.165) is 93.9 Å². The van der Waals surface area contributed by atoms with Crippen LogP contribution in [0.25, 0.3) is 116 Å². The molecule has 0 atom stereocenters. The monoisotopic (exact) mass is 866 g/mol. The average Bonchev–Trinajstić information content (AvgIpc) is 3.92. The standard InChI is InChI=1S/C60H34N8/c1-63-45-27-31-57-51(35-45)47-17-9-11-19-53(47)68(57)55-29-25-43(40-23-20-38(36-61)21-24-40)33-49(55)50-34-44(60-65-58(41-12-4-2-5-13-41)64-59(66-60)42-14-6-3-7-15-42)26-30-56(50)67-52-18-10-8-16-46(52)48-32-39(37-62)22-28-54(48)67/h2-35H. The zero-order valence-corrected chi connectivity index (χ0v) is 36.2. The second kappa shape index (κ2) is 16.2. The molecule has 314 valence electrons. The molecule has 0 saturated heterocycles. The molecule has 0 fully saturated rings. The maximum atomic E-state index is 10.1. The topological polar surface area (TPSA) is 100 Å². The van der Waals surface area contributed by atoms with Crippen molar-refractivity contribution < 1.29 is 0 Å². The molecular formula is C60H34N8. The lowest BCUT2D eigenvalue weighted by atomic mass is 9.94. The van der Waals surface area contributed by atoms with E-state index in [1.54, 1.807) is 0 Å². The first kappa shape index (κ1) is 39.6. The molecule has 0 N–H and O–H groups in total. The largest absolute Gasteiger partial charge is 0.309 e. The molecule has 0 bridgehead atoms. The Bertz CT molecular complexity index is 4050. The van der Waals surface area contributed by atoms with Crippen molar-refractivity contribution in [3.63, 3.8) is 0 Å². The summed E-state index contributed by atoms with van der Waals surface area (Å²) in [4.78, 5) is 19.2. The van der Waals surface area contributed by atoms with Gasteiger partial charge in [-0.3, -0.25) is 0 Å². The molecule has 12 aromatic rings. The van der Waals surface area contributed by atoms with Crippen LogP contribution in [0.3, 0.4) is 0 Å². The van der Waals surface area contributed by atoms with Gasteiger partial charge in [0.1, 0.15) is 0 Å². The molecule has 0 radical (unpaired) electrons. The zero-order chi connectivity index (χ0) is 45.7. The van der Waals surface area contributed by atoms with Gasteiger partial charge < -0.3 is 9.13 Å². The van der Waals surface area contributed by atoms with Gasteiger partial charge in [0.2, 0.25) is 0 Å². The number of benzene rings is 9. The van der Waals surface area contributed by atoms with Gasteiger partial charge in [-0.25, -0.2) is 19.8 Å². The maximum absolute atomic E-state index is 10.1. The highest BCUT2D eigenvalue weighted by molar-refractivity contribution is 6.12. The van der Waals surface area contributed by atoms with Crippen molar-refractivity contribution in [3.8, 4) is 79.9 Å². The smallest absolute Gasteiger partial charge is 0.188 e. The Kier molecular flexibility index (Phi) is 9.47. The molecule has 68 heavy (non-hydrogen) atoms. The second-order valence-electron chi connectivity index (χ2n) is 16.6. The van der Waals surface area contributed by atoms with E-state index in [-0.39, 0.29) is 0 Å². The van der Waals surface area contributed by atoms with Crippen molar-refractivity contribution in [3.05, 3.63) is 229 Å². The Hall–Kier alpha value is -9.94. The fraction of sp³-hybridized carbons (Fsp3) is 0. The van der Waals surface area contributed by atoms with Gasteiger partial charge in [0.15, 0.2) is 23.2 Å². The van der Waals surface area contributed by atoms with Crippen LogP contribution in [-0.4, -0.2) is 24.1 Å². The van der Waals surface area contributed by atoms with Gasteiger partial charge in [-0.1, -0.05) is 121 Å². The van der Waals surface area contributed by atoms with E-state index in [1.807, 2.05) is 146 Å². The predicted octanol–water partition coefficient (Wildman–Crippen LogP) is 14.7. The van der Waals surface area contributed by atoms with Gasteiger partial charge in [0, 0.05) is 44.0 Å². The lowest BCUT2D eigenvalue weighted by Gasteiger charge is -2.21. The van der Waals surface area contributed by atoms with Crippen LogP contribution >= 0.6 is 0 Å². The number of para-hydroxylation sites is 2. The van der Waals surface area contributed by atoms with Crippen LogP contribution in [0.1, 0.15) is 11.1 Å². The van der Waals surface area contributed by atoms with Crippen LogP contribution < -0.4 is 0 Å². The third-order valence-corrected chi connectivity index (χ3v) is 12.7. The lowest BCUT2D eigenvalue weighted by Crippen LogP contribution is -2.04. The Morgan fingerprint density at radius 1 is 0.368 bits per heavy atom. The lowest BCUT2D eigenvalue weighted by molar-refractivity contribution is 1.07. The van der Waals surface area contributed by atoms with Crippen molar-refractivity contribution in [2.24, 2.45) is 0 Å². The van der Waals surface area contributed by atoms with Crippen molar-refractivity contribution in [1.29, 1.82) is 10.5 Å². The highest BCUT2D eigenvalue weighted by Crippen LogP contribution is 2.44. The summed E-state index contributed by atoms with van der Waals surface area (Å²) in [5.41, 5.74) is 13.7. The molecule has 9 aromatic carbocycles. The highest BCUT2D eigenvalue weighted by atomic mass is 15.0. The van der Waals surface area contributed by atoms with Crippen LogP contribution in [0.2, 0.25) is 0 Å². The molecule has 3 aromatic heterocycles. The summed E-state index contributed by atoms with van der Waals surface area (Å²) in [5.74, 6) is 1.63. The molecule has 3 heterocycles. The van der Waals surface area contributed by atoms with Crippen molar-refractivity contribution in [2.45, 2.75) is 0 Å². The van der Waals surface area contributed by atoms with Gasteiger partial charge in [0.05, 0.1) is 63.3 Å². The number of aromatic nitrogens is 5. The van der Waals surface area contributed by atoms with E-state index in [4.69, 9.17) is 21.5 Å². The summed E-state index contributed by atoms with van der Waals surface area (Å²) < 4.78 is 4.58. The van der Waals surface area contributed by atoms with Gasteiger partial charge in [-0.05, 0) is 101 Å². The molecule has 12 rings (SSSR count). The normalized spacial score (nSPS) is 11.2. The first-order valence-electron chi connectivity index (χ1n) is 22.1. The van der Waals surface area contributed by atoms with E-state index in [0.29, 0.717) is 34.3 Å². The van der Waals surface area contributed by atoms with Gasteiger partial charge in [-0.2, -0.15) is 10.5 Å². The second-order valence-corrected chi connectivity index (χ2v) is 16.6. The molecule has 0 unspecified atom stereocenters. The molecule has 0 amide bonds. The van der Waals surface area contributed by atoms with Crippen molar-refractivity contribution in [1.82, 2.24) is 24.1 Å². The van der Waals surface area contributed by atoms with Crippen LogP contribution in [0.5, 0.6) is 0 Å². The summed E-state index contributed by atoms with van der Waals surface area (Å²) in [5, 5.41) is 23.8. The van der Waals surface area contributed by atoms with E-state index in [9.17, 15) is 10.5 Å². The Morgan fingerprint density at radius 2 is 0.809 bits per heavy atom. The summed E-state index contributed by atoms with van der Waals surface area (Å²) in [6.07, 6.45) is 0. The van der Waals surface area contributed by atoms with E-state index >= 15 is 0 Å². The third-order valence-electron chi connectivity index (χ3n) is 12.7. The number of nitrogens with zero attached hydrogens (tertiary/aromatic N) is 8. The minimum atomic E-state index is 0.514. The van der Waals surface area contributed by atoms with Crippen LogP contribution in [0, 0.1) is 29.2 Å². The van der Waals surface area contributed by atoms with Crippen LogP contribution in [0.15, 0.2) is 206 Å². The third kappa shape index (κ3) is 6.63. The minimum absolute atomic E-state index is 0.514. The quantitative estimate of drug-likeness (QED) is 0.149. The van der Waals surface area contributed by atoms with Crippen LogP contribution in [0.4, 0.5) is 5.69 Å². The molecule has 8 nitrogen and oxygen atoms in total. The van der Waals surface area contributed by atoms with Crippen molar-refractivity contribution >= 4 is 49.3 Å². The fourth-order valence-corrected chi connectivity index (χ4v) is 9.48. The zero-order valence-electron chi connectivity index (χ0n) is 36.2. The summed E-state index contributed by atoms with van der Waals surface area (Å²) in [6, 6.07) is 73.6. The summed E-state index contributed by atoms with van der Waals surface area (Å²) >= 11 is 0. The number of hydrogen-bond acceptors (Lipinski definition) is 5. The molecule has 0 aliphatic rings. The number of nitriles is 2. The molecule has 0 aliphatic heterocycles. The van der Waals surface area contributed by atoms with Gasteiger partial charge in [-0.15, -0.1) is 0 Å². The summed E-state index contributed by atoms with van der Waals surface area (Å²) in [6.45, 7) is 7.89. The molecule has 8 heteroatoms. The van der Waals surface area contributed by atoms with E-state index in [2.05, 4.69) is 86.8 Å². The van der Waals surface area contributed by atoms with Gasteiger partial charge in [0.25, 0.3) is 0 Å². The van der Waals surface area contributed by atoms with Crippen molar-refractivity contribution in [2.75, 3.05) is 0 Å².